The molecular formula is C13H19NO3. The van der Waals surface area contributed by atoms with Gasteiger partial charge < -0.3 is 19.5 Å². The number of hydrogen-bond acceptors (Lipinski definition) is 4. The Morgan fingerprint density at radius 3 is 2.29 bits per heavy atom. The van der Waals surface area contributed by atoms with E-state index in [9.17, 15) is 0 Å². The van der Waals surface area contributed by atoms with Crippen LogP contribution in [0.1, 0.15) is 5.56 Å². The molecule has 0 amide bonds. The van der Waals surface area contributed by atoms with E-state index in [1.165, 1.54) is 0 Å². The van der Waals surface area contributed by atoms with Gasteiger partial charge in [-0.25, -0.2) is 0 Å². The normalized spacial score (nSPS) is 10.6. The first-order chi connectivity index (χ1) is 8.28. The third kappa shape index (κ3) is 3.14. The molecule has 0 saturated carbocycles. The molecule has 1 rings (SSSR count). The van der Waals surface area contributed by atoms with Gasteiger partial charge in [0.05, 0.1) is 21.3 Å². The highest BCUT2D eigenvalue weighted by atomic mass is 16.5. The second kappa shape index (κ2) is 6.81. The topological polar surface area (TPSA) is 39.7 Å². The number of rotatable bonds is 6. The molecule has 0 unspecified atom stereocenters. The molecule has 0 saturated heterocycles. The van der Waals surface area contributed by atoms with Crippen LogP contribution in [0, 0.1) is 0 Å². The Hall–Kier alpha value is -1.68. The number of ether oxygens (including phenoxy) is 3. The lowest BCUT2D eigenvalue weighted by Crippen LogP contribution is -2.03. The third-order valence-corrected chi connectivity index (χ3v) is 2.35. The summed E-state index contributed by atoms with van der Waals surface area (Å²) in [4.78, 5) is 0. The van der Waals surface area contributed by atoms with Gasteiger partial charge >= 0.3 is 0 Å². The van der Waals surface area contributed by atoms with Crippen LogP contribution in [0.5, 0.6) is 17.2 Å². The van der Waals surface area contributed by atoms with Gasteiger partial charge in [-0.15, -0.1) is 0 Å². The van der Waals surface area contributed by atoms with E-state index >= 15 is 0 Å². The molecule has 4 heteroatoms. The van der Waals surface area contributed by atoms with Gasteiger partial charge in [-0.3, -0.25) is 0 Å². The molecule has 0 fully saturated rings. The van der Waals surface area contributed by atoms with Crippen molar-refractivity contribution in [2.75, 3.05) is 34.9 Å². The molecule has 0 aliphatic rings. The summed E-state index contributed by atoms with van der Waals surface area (Å²) < 4.78 is 15.9. The molecule has 0 radical (unpaired) electrons. The van der Waals surface area contributed by atoms with Crippen molar-refractivity contribution >= 4 is 6.08 Å². The summed E-state index contributed by atoms with van der Waals surface area (Å²) in [5, 5.41) is 3.04. The van der Waals surface area contributed by atoms with Crippen molar-refractivity contribution in [3.8, 4) is 17.2 Å². The molecule has 0 heterocycles. The van der Waals surface area contributed by atoms with Crippen molar-refractivity contribution in [3.63, 3.8) is 0 Å². The van der Waals surface area contributed by atoms with E-state index in [0.29, 0.717) is 17.2 Å². The summed E-state index contributed by atoms with van der Waals surface area (Å²) >= 11 is 0. The minimum Gasteiger partial charge on any atom is -0.493 e. The predicted octanol–water partition coefficient (Wildman–Crippen LogP) is 1.94. The van der Waals surface area contributed by atoms with E-state index in [-0.39, 0.29) is 0 Å². The summed E-state index contributed by atoms with van der Waals surface area (Å²) in [6.45, 7) is 0.803. The van der Waals surface area contributed by atoms with E-state index < -0.39 is 0 Å². The maximum Gasteiger partial charge on any atom is 0.203 e. The fourth-order valence-electron chi connectivity index (χ4n) is 1.56. The summed E-state index contributed by atoms with van der Waals surface area (Å²) in [5.41, 5.74) is 0.959. The summed E-state index contributed by atoms with van der Waals surface area (Å²) in [5.74, 6) is 1.95. The fourth-order valence-corrected chi connectivity index (χ4v) is 1.56. The van der Waals surface area contributed by atoms with Crippen molar-refractivity contribution in [2.45, 2.75) is 0 Å². The lowest BCUT2D eigenvalue weighted by molar-refractivity contribution is 0.324. The molecule has 0 aromatic heterocycles. The quantitative estimate of drug-likeness (QED) is 0.821. The first-order valence-electron chi connectivity index (χ1n) is 5.38. The number of likely N-dealkylation sites (N-methyl/N-ethyl adjacent to an activating group) is 1. The van der Waals surface area contributed by atoms with Gasteiger partial charge in [-0.05, 0) is 19.2 Å². The third-order valence-electron chi connectivity index (χ3n) is 2.35. The summed E-state index contributed by atoms with van der Waals surface area (Å²) in [6.07, 6.45) is 4.00. The van der Waals surface area contributed by atoms with Crippen molar-refractivity contribution in [1.82, 2.24) is 5.32 Å². The molecule has 0 aliphatic carbocycles. The van der Waals surface area contributed by atoms with Gasteiger partial charge in [-0.2, -0.15) is 0 Å². The number of benzene rings is 1. The van der Waals surface area contributed by atoms with E-state index in [1.807, 2.05) is 31.3 Å². The van der Waals surface area contributed by atoms with E-state index in [0.717, 1.165) is 12.1 Å². The van der Waals surface area contributed by atoms with Crippen LogP contribution < -0.4 is 19.5 Å². The molecule has 17 heavy (non-hydrogen) atoms. The average Bonchev–Trinajstić information content (AvgIpc) is 2.38. The minimum atomic E-state index is 0.613. The van der Waals surface area contributed by atoms with E-state index in [4.69, 9.17) is 14.2 Å². The van der Waals surface area contributed by atoms with Gasteiger partial charge in [-0.1, -0.05) is 12.2 Å². The number of nitrogens with one attached hydrogen (secondary N) is 1. The lowest BCUT2D eigenvalue weighted by Gasteiger charge is -2.13. The largest absolute Gasteiger partial charge is 0.493 e. The van der Waals surface area contributed by atoms with Crippen LogP contribution in [0.2, 0.25) is 0 Å². The Bertz CT molecular complexity index is 388. The maximum atomic E-state index is 5.36. The maximum absolute atomic E-state index is 5.36. The highest BCUT2D eigenvalue weighted by molar-refractivity contribution is 5.66. The van der Waals surface area contributed by atoms with Crippen molar-refractivity contribution in [1.29, 1.82) is 0 Å². The second-order valence-electron chi connectivity index (χ2n) is 3.38. The SMILES string of the molecule is CNCC=Cc1ccc(OC)c(OC)c1OC. The van der Waals surface area contributed by atoms with Crippen LogP contribution in [0.25, 0.3) is 6.08 Å². The molecule has 0 aliphatic heterocycles. The zero-order valence-corrected chi connectivity index (χ0v) is 10.7. The molecule has 94 valence electrons. The Labute approximate surface area is 102 Å². The Morgan fingerprint density at radius 2 is 1.76 bits per heavy atom. The van der Waals surface area contributed by atoms with Gasteiger partial charge in [0, 0.05) is 12.1 Å². The van der Waals surface area contributed by atoms with E-state index in [1.54, 1.807) is 21.3 Å². The average molecular weight is 237 g/mol. The standard InChI is InChI=1S/C13H19NO3/c1-14-9-5-6-10-7-8-11(15-2)13(17-4)12(10)16-3/h5-8,14H,9H2,1-4H3. The highest BCUT2D eigenvalue weighted by Gasteiger charge is 2.13. The Kier molecular flexibility index (Phi) is 5.36. The van der Waals surface area contributed by atoms with Crippen molar-refractivity contribution in [2.24, 2.45) is 0 Å². The fraction of sp³-hybridized carbons (Fsp3) is 0.385. The second-order valence-corrected chi connectivity index (χ2v) is 3.38. The van der Waals surface area contributed by atoms with Gasteiger partial charge in [0.2, 0.25) is 5.75 Å². The lowest BCUT2D eigenvalue weighted by atomic mass is 10.1. The monoisotopic (exact) mass is 237 g/mol. The molecule has 4 nitrogen and oxygen atoms in total. The zero-order valence-electron chi connectivity index (χ0n) is 10.7. The number of hydrogen-bond donors (Lipinski definition) is 1. The first kappa shape index (κ1) is 13.4. The summed E-state index contributed by atoms with van der Waals surface area (Å²) in [6, 6.07) is 3.80. The van der Waals surface area contributed by atoms with Gasteiger partial charge in [0.1, 0.15) is 0 Å². The highest BCUT2D eigenvalue weighted by Crippen LogP contribution is 2.40. The smallest absolute Gasteiger partial charge is 0.203 e. The zero-order chi connectivity index (χ0) is 12.7. The van der Waals surface area contributed by atoms with Crippen LogP contribution in [-0.2, 0) is 0 Å². The summed E-state index contributed by atoms with van der Waals surface area (Å²) in [7, 11) is 6.72. The van der Waals surface area contributed by atoms with Crippen molar-refractivity contribution in [3.05, 3.63) is 23.8 Å². The minimum absolute atomic E-state index is 0.613. The molecule has 1 aromatic carbocycles. The first-order valence-corrected chi connectivity index (χ1v) is 5.38. The molecular weight excluding hydrogens is 218 g/mol. The number of methoxy groups -OCH3 is 3. The van der Waals surface area contributed by atoms with Gasteiger partial charge in [0.15, 0.2) is 11.5 Å². The van der Waals surface area contributed by atoms with Crippen LogP contribution in [0.4, 0.5) is 0 Å². The predicted molar refractivity (Wildman–Crippen MR) is 69.1 cm³/mol. The van der Waals surface area contributed by atoms with Gasteiger partial charge in [0.25, 0.3) is 0 Å². The van der Waals surface area contributed by atoms with Crippen LogP contribution in [-0.4, -0.2) is 34.9 Å². The van der Waals surface area contributed by atoms with Crippen molar-refractivity contribution < 1.29 is 14.2 Å². The molecule has 0 spiro atoms. The molecule has 1 N–H and O–H groups in total. The van der Waals surface area contributed by atoms with E-state index in [2.05, 4.69) is 5.32 Å². The van der Waals surface area contributed by atoms with Crippen LogP contribution in [0.3, 0.4) is 0 Å². The molecule has 0 atom stereocenters. The van der Waals surface area contributed by atoms with Crippen LogP contribution >= 0.6 is 0 Å². The molecule has 0 bridgehead atoms. The Morgan fingerprint density at radius 1 is 1.06 bits per heavy atom. The molecule has 1 aromatic rings. The Balaban J connectivity index is 3.14. The van der Waals surface area contributed by atoms with Crippen LogP contribution in [0.15, 0.2) is 18.2 Å².